The second-order valence-electron chi connectivity index (χ2n) is 5.97. The number of ether oxygens (including phenoxy) is 1. The lowest BCUT2D eigenvalue weighted by Crippen LogP contribution is -2.26. The molecule has 0 radical (unpaired) electrons. The first-order valence-corrected chi connectivity index (χ1v) is 8.92. The number of carboxylic acids is 1. The third-order valence-electron chi connectivity index (χ3n) is 4.01. The van der Waals surface area contributed by atoms with E-state index in [1.165, 1.54) is 0 Å². The number of rotatable bonds is 10. The van der Waals surface area contributed by atoms with Crippen molar-refractivity contribution in [2.45, 2.75) is 26.2 Å². The molecule has 0 aliphatic carbocycles. The van der Waals surface area contributed by atoms with Crippen molar-refractivity contribution in [2.24, 2.45) is 0 Å². The first kappa shape index (κ1) is 19.7. The summed E-state index contributed by atoms with van der Waals surface area (Å²) in [6.07, 6.45) is 2.89. The van der Waals surface area contributed by atoms with Crippen molar-refractivity contribution in [1.29, 1.82) is 0 Å². The van der Waals surface area contributed by atoms with Gasteiger partial charge in [-0.05, 0) is 36.1 Å². The number of unbranched alkanes of at least 4 members (excludes halogenated alkanes) is 1. The molecule has 2 rings (SSSR count). The zero-order chi connectivity index (χ0) is 18.8. The number of nitrogens with one attached hydrogen (secondary N) is 1. The summed E-state index contributed by atoms with van der Waals surface area (Å²) in [6, 6.07) is 13.8. The fraction of sp³-hybridized carbons (Fsp3) is 0.333. The van der Waals surface area contributed by atoms with Crippen molar-refractivity contribution in [3.05, 3.63) is 59.7 Å². The highest BCUT2D eigenvalue weighted by Gasteiger charge is 2.17. The first-order valence-electron chi connectivity index (χ1n) is 8.92. The Morgan fingerprint density at radius 3 is 2.15 bits per heavy atom. The van der Waals surface area contributed by atoms with Crippen molar-refractivity contribution < 1.29 is 19.4 Å². The van der Waals surface area contributed by atoms with Gasteiger partial charge in [-0.25, -0.2) is 4.79 Å². The summed E-state index contributed by atoms with van der Waals surface area (Å²) >= 11 is 0. The van der Waals surface area contributed by atoms with Gasteiger partial charge in [-0.2, -0.15) is 0 Å². The summed E-state index contributed by atoms with van der Waals surface area (Å²) < 4.78 is 5.48. The third kappa shape index (κ3) is 5.43. The standard InChI is InChI=1S/C21H25NO4/c1-2-3-14-26-15-8-13-22-20(23)18-11-6-4-9-16(18)17-10-5-7-12-19(17)21(24)25/h4-7,9-12H,2-3,8,13-15H2,1H3,(H,22,23)(H,24,25). The number of carbonyl (C=O) groups excluding carboxylic acids is 1. The fourth-order valence-electron chi connectivity index (χ4n) is 2.64. The molecule has 2 aromatic carbocycles. The minimum absolute atomic E-state index is 0.178. The fourth-order valence-corrected chi connectivity index (χ4v) is 2.64. The van der Waals surface area contributed by atoms with Crippen LogP contribution in [-0.4, -0.2) is 36.7 Å². The van der Waals surface area contributed by atoms with Crippen molar-refractivity contribution in [3.63, 3.8) is 0 Å². The van der Waals surface area contributed by atoms with Gasteiger partial charge < -0.3 is 15.2 Å². The molecule has 0 fully saturated rings. The number of hydrogen-bond acceptors (Lipinski definition) is 3. The smallest absolute Gasteiger partial charge is 0.336 e. The lowest BCUT2D eigenvalue weighted by atomic mass is 9.95. The van der Waals surface area contributed by atoms with E-state index in [9.17, 15) is 14.7 Å². The van der Waals surface area contributed by atoms with Gasteiger partial charge in [0.1, 0.15) is 0 Å². The van der Waals surface area contributed by atoms with Crippen LogP contribution in [-0.2, 0) is 4.74 Å². The predicted molar refractivity (Wildman–Crippen MR) is 102 cm³/mol. The first-order chi connectivity index (χ1) is 12.6. The van der Waals surface area contributed by atoms with E-state index in [4.69, 9.17) is 4.74 Å². The molecule has 0 aliphatic rings. The van der Waals surface area contributed by atoms with E-state index < -0.39 is 5.97 Å². The van der Waals surface area contributed by atoms with E-state index in [1.54, 1.807) is 48.5 Å². The van der Waals surface area contributed by atoms with E-state index >= 15 is 0 Å². The molecule has 0 aromatic heterocycles. The number of carbonyl (C=O) groups is 2. The molecule has 5 nitrogen and oxygen atoms in total. The maximum Gasteiger partial charge on any atom is 0.336 e. The van der Waals surface area contributed by atoms with Crippen LogP contribution in [0.2, 0.25) is 0 Å². The monoisotopic (exact) mass is 355 g/mol. The van der Waals surface area contributed by atoms with Crippen LogP contribution in [0.1, 0.15) is 46.9 Å². The second-order valence-corrected chi connectivity index (χ2v) is 5.97. The molecule has 138 valence electrons. The molecule has 0 atom stereocenters. The summed E-state index contributed by atoms with van der Waals surface area (Å²) in [5.74, 6) is -1.23. The molecule has 0 bridgehead atoms. The largest absolute Gasteiger partial charge is 0.478 e. The summed E-state index contributed by atoms with van der Waals surface area (Å²) in [6.45, 7) is 3.99. The quantitative estimate of drug-likeness (QED) is 0.632. The van der Waals surface area contributed by atoms with Crippen molar-refractivity contribution in [3.8, 4) is 11.1 Å². The van der Waals surface area contributed by atoms with Crippen molar-refractivity contribution in [1.82, 2.24) is 5.32 Å². The average molecular weight is 355 g/mol. The minimum Gasteiger partial charge on any atom is -0.478 e. The molecule has 0 heterocycles. The Hall–Kier alpha value is -2.66. The molecule has 5 heteroatoms. The predicted octanol–water partition coefficient (Wildman–Crippen LogP) is 3.99. The SMILES string of the molecule is CCCCOCCCNC(=O)c1ccccc1-c1ccccc1C(=O)O. The Labute approximate surface area is 154 Å². The minimum atomic E-state index is -1.01. The van der Waals surface area contributed by atoms with E-state index in [1.807, 2.05) is 0 Å². The third-order valence-corrected chi connectivity index (χ3v) is 4.01. The van der Waals surface area contributed by atoms with Gasteiger partial charge in [0.05, 0.1) is 5.56 Å². The molecule has 2 N–H and O–H groups in total. The zero-order valence-corrected chi connectivity index (χ0v) is 15.0. The number of aromatic carboxylic acids is 1. The van der Waals surface area contributed by atoms with Crippen molar-refractivity contribution >= 4 is 11.9 Å². The summed E-state index contributed by atoms with van der Waals surface area (Å²) in [5.41, 5.74) is 1.79. The number of amides is 1. The van der Waals surface area contributed by atoms with E-state index in [0.717, 1.165) is 25.9 Å². The Kier molecular flexibility index (Phi) is 7.83. The molecule has 2 aromatic rings. The highest BCUT2D eigenvalue weighted by molar-refractivity contribution is 6.04. The van der Waals surface area contributed by atoms with Gasteiger partial charge in [-0.1, -0.05) is 49.7 Å². The average Bonchev–Trinajstić information content (AvgIpc) is 2.67. The van der Waals surface area contributed by atoms with E-state index in [2.05, 4.69) is 12.2 Å². The Bertz CT molecular complexity index is 742. The molecule has 0 saturated heterocycles. The van der Waals surface area contributed by atoms with E-state index in [0.29, 0.717) is 29.8 Å². The lowest BCUT2D eigenvalue weighted by molar-refractivity contribution is 0.0697. The summed E-state index contributed by atoms with van der Waals surface area (Å²) in [7, 11) is 0. The van der Waals surface area contributed by atoms with Gasteiger partial charge in [0.2, 0.25) is 0 Å². The summed E-state index contributed by atoms with van der Waals surface area (Å²) in [4.78, 5) is 24.0. The summed E-state index contributed by atoms with van der Waals surface area (Å²) in [5, 5.41) is 12.3. The van der Waals surface area contributed by atoms with Crippen LogP contribution >= 0.6 is 0 Å². The van der Waals surface area contributed by atoms with Gasteiger partial charge in [0.15, 0.2) is 0 Å². The molecule has 1 amide bonds. The molecular weight excluding hydrogens is 330 g/mol. The van der Waals surface area contributed by atoms with Crippen LogP contribution in [0.15, 0.2) is 48.5 Å². The molecule has 0 aliphatic heterocycles. The zero-order valence-electron chi connectivity index (χ0n) is 15.0. The highest BCUT2D eigenvalue weighted by Crippen LogP contribution is 2.27. The van der Waals surface area contributed by atoms with Crippen molar-refractivity contribution in [2.75, 3.05) is 19.8 Å². The number of benzene rings is 2. The molecule has 0 unspecified atom stereocenters. The van der Waals surface area contributed by atoms with Gasteiger partial charge in [0.25, 0.3) is 5.91 Å². The Balaban J connectivity index is 2.05. The number of carboxylic acid groups (broad SMARTS) is 1. The Morgan fingerprint density at radius 2 is 1.50 bits per heavy atom. The van der Waals surface area contributed by atoms with Gasteiger partial charge >= 0.3 is 5.97 Å². The molecule has 26 heavy (non-hydrogen) atoms. The van der Waals surface area contributed by atoms with Crippen LogP contribution < -0.4 is 5.32 Å². The van der Waals surface area contributed by atoms with Gasteiger partial charge in [-0.3, -0.25) is 4.79 Å². The molecule has 0 saturated carbocycles. The van der Waals surface area contributed by atoms with Gasteiger partial charge in [-0.15, -0.1) is 0 Å². The molecule has 0 spiro atoms. The van der Waals surface area contributed by atoms with Crippen LogP contribution in [0, 0.1) is 0 Å². The topological polar surface area (TPSA) is 75.6 Å². The normalized spacial score (nSPS) is 10.5. The van der Waals surface area contributed by atoms with Gasteiger partial charge in [0, 0.05) is 25.3 Å². The number of hydrogen-bond donors (Lipinski definition) is 2. The maximum atomic E-state index is 12.6. The second kappa shape index (κ2) is 10.4. The van der Waals surface area contributed by atoms with Crippen LogP contribution in [0.5, 0.6) is 0 Å². The van der Waals surface area contributed by atoms with Crippen LogP contribution in [0.25, 0.3) is 11.1 Å². The Morgan fingerprint density at radius 1 is 0.923 bits per heavy atom. The highest BCUT2D eigenvalue weighted by atomic mass is 16.5. The van der Waals surface area contributed by atoms with Crippen LogP contribution in [0.3, 0.4) is 0 Å². The maximum absolute atomic E-state index is 12.6. The lowest BCUT2D eigenvalue weighted by Gasteiger charge is -2.12. The van der Waals surface area contributed by atoms with Crippen LogP contribution in [0.4, 0.5) is 0 Å². The van der Waals surface area contributed by atoms with E-state index in [-0.39, 0.29) is 11.5 Å². The molecular formula is C21H25NO4.